The number of unbranched alkanes of at least 4 members (excludes halogenated alkanes) is 4. The molecule has 2 amide bonds. The van der Waals surface area contributed by atoms with Crippen molar-refractivity contribution in [1.29, 1.82) is 0 Å². The van der Waals surface area contributed by atoms with Crippen molar-refractivity contribution >= 4 is 17.8 Å². The minimum absolute atomic E-state index is 0.144. The molecule has 1 aliphatic rings. The molecular formula is C22H27NO4. The van der Waals surface area contributed by atoms with Gasteiger partial charge in [-0.15, -0.1) is 6.58 Å². The molecule has 1 aromatic carbocycles. The number of nitrogens with one attached hydrogen (secondary N) is 1. The van der Waals surface area contributed by atoms with Gasteiger partial charge in [-0.1, -0.05) is 37.1 Å². The Balaban J connectivity index is 1.76. The first-order valence-corrected chi connectivity index (χ1v) is 9.40. The molecule has 0 radical (unpaired) electrons. The largest absolute Gasteiger partial charge is 0.461 e. The quantitative estimate of drug-likeness (QED) is 0.279. The van der Waals surface area contributed by atoms with Gasteiger partial charge in [-0.2, -0.15) is 0 Å². The van der Waals surface area contributed by atoms with Gasteiger partial charge in [-0.05, 0) is 49.3 Å². The van der Waals surface area contributed by atoms with Gasteiger partial charge in [0.2, 0.25) is 0 Å². The number of imide groups is 1. The summed E-state index contributed by atoms with van der Waals surface area (Å²) in [5, 5.41) is 2.11. The molecule has 0 atom stereocenters. The zero-order chi connectivity index (χ0) is 19.6. The lowest BCUT2D eigenvalue weighted by atomic mass is 10.0. The van der Waals surface area contributed by atoms with Crippen LogP contribution in [0, 0.1) is 6.92 Å². The Morgan fingerprint density at radius 2 is 1.96 bits per heavy atom. The summed E-state index contributed by atoms with van der Waals surface area (Å²) in [7, 11) is 0. The molecule has 1 N–H and O–H groups in total. The van der Waals surface area contributed by atoms with Crippen molar-refractivity contribution in [3.63, 3.8) is 0 Å². The van der Waals surface area contributed by atoms with Gasteiger partial charge < -0.3 is 4.74 Å². The van der Waals surface area contributed by atoms with Crippen LogP contribution in [0.15, 0.2) is 42.5 Å². The molecule has 2 rings (SSSR count). The monoisotopic (exact) mass is 369 g/mol. The lowest BCUT2D eigenvalue weighted by Gasteiger charge is -2.10. The molecule has 0 bridgehead atoms. The van der Waals surface area contributed by atoms with Crippen LogP contribution >= 0.6 is 0 Å². The summed E-state index contributed by atoms with van der Waals surface area (Å²) in [6, 6.07) is 6.20. The number of rotatable bonds is 11. The van der Waals surface area contributed by atoms with Crippen LogP contribution in [0.4, 0.5) is 0 Å². The van der Waals surface area contributed by atoms with Crippen molar-refractivity contribution in [1.82, 2.24) is 5.32 Å². The third-order valence-corrected chi connectivity index (χ3v) is 4.59. The highest BCUT2D eigenvalue weighted by molar-refractivity contribution is 6.17. The highest BCUT2D eigenvalue weighted by atomic mass is 16.5. The third-order valence-electron chi connectivity index (χ3n) is 4.59. The average molecular weight is 369 g/mol. The second-order valence-electron chi connectivity index (χ2n) is 6.83. The van der Waals surface area contributed by atoms with Crippen LogP contribution in [0.1, 0.15) is 55.2 Å². The van der Waals surface area contributed by atoms with E-state index in [1.54, 1.807) is 0 Å². The molecule has 1 aromatic rings. The van der Waals surface area contributed by atoms with E-state index < -0.39 is 17.8 Å². The number of carbonyl (C=O) groups excluding carboxylic acids is 3. The Kier molecular flexibility index (Phi) is 7.99. The summed E-state index contributed by atoms with van der Waals surface area (Å²) in [6.45, 7) is 5.90. The predicted molar refractivity (Wildman–Crippen MR) is 104 cm³/mol. The van der Waals surface area contributed by atoms with E-state index in [9.17, 15) is 14.4 Å². The SMILES string of the molecule is C=CCCCCCCc1ccc(COC(=O)CC2=CC(=O)NC2=O)c(C)c1. The Bertz CT molecular complexity index is 749. The smallest absolute Gasteiger partial charge is 0.310 e. The number of hydrogen-bond donors (Lipinski definition) is 1. The molecule has 1 heterocycles. The summed E-state index contributed by atoms with van der Waals surface area (Å²) in [6.07, 6.45) is 9.88. The van der Waals surface area contributed by atoms with Gasteiger partial charge in [-0.3, -0.25) is 19.7 Å². The van der Waals surface area contributed by atoms with Gasteiger partial charge in [-0.25, -0.2) is 0 Å². The molecule has 0 saturated carbocycles. The summed E-state index contributed by atoms with van der Waals surface area (Å²) >= 11 is 0. The maximum Gasteiger partial charge on any atom is 0.310 e. The number of ether oxygens (including phenoxy) is 1. The first-order chi connectivity index (χ1) is 13.0. The van der Waals surface area contributed by atoms with E-state index in [4.69, 9.17) is 4.74 Å². The Hall–Kier alpha value is -2.69. The third kappa shape index (κ3) is 6.85. The van der Waals surface area contributed by atoms with E-state index in [2.05, 4.69) is 24.0 Å². The number of esters is 1. The van der Waals surface area contributed by atoms with Crippen LogP contribution in [0.25, 0.3) is 0 Å². The number of aryl methyl sites for hydroxylation is 2. The van der Waals surface area contributed by atoms with E-state index in [-0.39, 0.29) is 18.6 Å². The molecule has 27 heavy (non-hydrogen) atoms. The fourth-order valence-electron chi connectivity index (χ4n) is 2.99. The number of carbonyl (C=O) groups is 3. The maximum atomic E-state index is 11.9. The molecule has 0 fully saturated rings. The molecule has 144 valence electrons. The van der Waals surface area contributed by atoms with Crippen LogP contribution in [0.2, 0.25) is 0 Å². The van der Waals surface area contributed by atoms with E-state index in [1.165, 1.54) is 31.2 Å². The maximum absolute atomic E-state index is 11.9. The second-order valence-corrected chi connectivity index (χ2v) is 6.83. The van der Waals surface area contributed by atoms with Gasteiger partial charge in [0, 0.05) is 11.6 Å². The molecule has 0 aromatic heterocycles. The topological polar surface area (TPSA) is 72.5 Å². The fraction of sp³-hybridized carbons (Fsp3) is 0.409. The molecule has 0 unspecified atom stereocenters. The molecule has 1 aliphatic heterocycles. The molecular weight excluding hydrogens is 342 g/mol. The lowest BCUT2D eigenvalue weighted by Crippen LogP contribution is -2.23. The van der Waals surface area contributed by atoms with E-state index in [1.807, 2.05) is 19.1 Å². The van der Waals surface area contributed by atoms with Crippen LogP contribution in [0.3, 0.4) is 0 Å². The first-order valence-electron chi connectivity index (χ1n) is 9.40. The first kappa shape index (κ1) is 20.6. The number of hydrogen-bond acceptors (Lipinski definition) is 4. The number of amides is 2. The van der Waals surface area contributed by atoms with Gasteiger partial charge >= 0.3 is 5.97 Å². The van der Waals surface area contributed by atoms with Gasteiger partial charge in [0.05, 0.1) is 6.42 Å². The van der Waals surface area contributed by atoms with Gasteiger partial charge in [0.25, 0.3) is 11.8 Å². The number of benzene rings is 1. The molecule has 0 spiro atoms. The van der Waals surface area contributed by atoms with E-state index >= 15 is 0 Å². The van der Waals surface area contributed by atoms with Crippen molar-refractivity contribution in [3.8, 4) is 0 Å². The van der Waals surface area contributed by atoms with E-state index in [0.717, 1.165) is 30.0 Å². The van der Waals surface area contributed by atoms with Crippen LogP contribution in [0.5, 0.6) is 0 Å². The molecule has 5 nitrogen and oxygen atoms in total. The summed E-state index contributed by atoms with van der Waals surface area (Å²) in [5.74, 6) is -1.54. The highest BCUT2D eigenvalue weighted by Gasteiger charge is 2.23. The second kappa shape index (κ2) is 10.5. The van der Waals surface area contributed by atoms with Crippen molar-refractivity contribution < 1.29 is 19.1 Å². The molecule has 0 saturated heterocycles. The van der Waals surface area contributed by atoms with Crippen molar-refractivity contribution in [2.45, 2.75) is 58.5 Å². The Morgan fingerprint density at radius 3 is 2.63 bits per heavy atom. The Labute approximate surface area is 160 Å². The number of allylic oxidation sites excluding steroid dienone is 1. The predicted octanol–water partition coefficient (Wildman–Crippen LogP) is 3.69. The summed E-state index contributed by atoms with van der Waals surface area (Å²) in [5.41, 5.74) is 3.46. The lowest BCUT2D eigenvalue weighted by molar-refractivity contribution is -0.144. The summed E-state index contributed by atoms with van der Waals surface area (Å²) < 4.78 is 5.25. The van der Waals surface area contributed by atoms with Gasteiger partial charge in [0.15, 0.2) is 0 Å². The average Bonchev–Trinajstić information content (AvgIpc) is 2.94. The van der Waals surface area contributed by atoms with Crippen molar-refractivity contribution in [2.24, 2.45) is 0 Å². The van der Waals surface area contributed by atoms with Crippen molar-refractivity contribution in [3.05, 3.63) is 59.2 Å². The molecule has 5 heteroatoms. The van der Waals surface area contributed by atoms with E-state index in [0.29, 0.717) is 0 Å². The minimum atomic E-state index is -0.526. The zero-order valence-corrected chi connectivity index (χ0v) is 15.9. The zero-order valence-electron chi connectivity index (χ0n) is 15.9. The van der Waals surface area contributed by atoms with Crippen LogP contribution < -0.4 is 5.32 Å². The normalized spacial score (nSPS) is 13.3. The highest BCUT2D eigenvalue weighted by Crippen LogP contribution is 2.16. The Morgan fingerprint density at radius 1 is 1.19 bits per heavy atom. The van der Waals surface area contributed by atoms with Crippen molar-refractivity contribution in [2.75, 3.05) is 0 Å². The van der Waals surface area contributed by atoms with Gasteiger partial charge in [0.1, 0.15) is 6.61 Å². The standard InChI is InChI=1S/C22H27NO4/c1-3-4-5-6-7-8-9-17-10-11-18(16(2)12-17)15-27-21(25)14-19-13-20(24)23-22(19)26/h3,10-13H,1,4-9,14-15H2,2H3,(H,23,24,26). The van der Waals surface area contributed by atoms with Crippen LogP contribution in [-0.4, -0.2) is 17.8 Å². The molecule has 0 aliphatic carbocycles. The fourth-order valence-corrected chi connectivity index (χ4v) is 2.99. The summed E-state index contributed by atoms with van der Waals surface area (Å²) in [4.78, 5) is 34.4. The minimum Gasteiger partial charge on any atom is -0.461 e. The van der Waals surface area contributed by atoms with Crippen LogP contribution in [-0.2, 0) is 32.1 Å².